The summed E-state index contributed by atoms with van der Waals surface area (Å²) in [6, 6.07) is 11.3. The van der Waals surface area contributed by atoms with Crippen molar-refractivity contribution in [3.63, 3.8) is 0 Å². The highest BCUT2D eigenvalue weighted by molar-refractivity contribution is 6.05. The molecule has 0 unspecified atom stereocenters. The third-order valence-corrected chi connectivity index (χ3v) is 4.95. The number of anilines is 3. The summed E-state index contributed by atoms with van der Waals surface area (Å²) in [6.07, 6.45) is 2.17. The third kappa shape index (κ3) is 6.02. The van der Waals surface area contributed by atoms with Crippen molar-refractivity contribution in [3.05, 3.63) is 58.1 Å². The molecule has 2 N–H and O–H groups in total. The lowest BCUT2D eigenvalue weighted by atomic mass is 10.1. The fraction of sp³-hybridized carbons (Fsp3) is 0.364. The number of amides is 2. The third-order valence-electron chi connectivity index (χ3n) is 4.95. The van der Waals surface area contributed by atoms with Crippen LogP contribution in [0.15, 0.2) is 42.5 Å². The molecular formula is C22H26N4O5. The van der Waals surface area contributed by atoms with E-state index < -0.39 is 10.8 Å². The van der Waals surface area contributed by atoms with E-state index in [0.717, 1.165) is 12.8 Å². The number of unbranched alkanes of at least 4 members (excludes halogenated alkanes) is 1. The number of benzene rings is 2. The van der Waals surface area contributed by atoms with Crippen molar-refractivity contribution in [2.45, 2.75) is 26.2 Å². The highest BCUT2D eigenvalue weighted by Gasteiger charge is 2.23. The van der Waals surface area contributed by atoms with E-state index in [4.69, 9.17) is 4.74 Å². The molecule has 0 aromatic heterocycles. The minimum atomic E-state index is -0.478. The Kier molecular flexibility index (Phi) is 7.55. The molecule has 0 radical (unpaired) electrons. The summed E-state index contributed by atoms with van der Waals surface area (Å²) in [5, 5.41) is 17.1. The van der Waals surface area contributed by atoms with Crippen LogP contribution in [0.4, 0.5) is 22.7 Å². The Labute approximate surface area is 180 Å². The Morgan fingerprint density at radius 2 is 1.81 bits per heavy atom. The van der Waals surface area contributed by atoms with Gasteiger partial charge in [-0.15, -0.1) is 0 Å². The Balaban J connectivity index is 1.73. The summed E-state index contributed by atoms with van der Waals surface area (Å²) in [5.74, 6) is -0.550. The van der Waals surface area contributed by atoms with Gasteiger partial charge in [-0.1, -0.05) is 19.4 Å². The first-order valence-electron chi connectivity index (χ1n) is 10.3. The number of nitro groups is 1. The predicted octanol–water partition coefficient (Wildman–Crippen LogP) is 3.81. The van der Waals surface area contributed by atoms with Crippen LogP contribution in [0, 0.1) is 10.1 Å². The van der Waals surface area contributed by atoms with Crippen molar-refractivity contribution in [2.75, 3.05) is 41.8 Å². The van der Waals surface area contributed by atoms with E-state index in [1.165, 1.54) is 6.07 Å². The fourth-order valence-corrected chi connectivity index (χ4v) is 3.32. The first kappa shape index (κ1) is 22.2. The Hall–Kier alpha value is -3.46. The number of nitrogens with zero attached hydrogens (tertiary/aromatic N) is 2. The summed E-state index contributed by atoms with van der Waals surface area (Å²) in [7, 11) is 0. The lowest BCUT2D eigenvalue weighted by Gasteiger charge is -2.28. The van der Waals surface area contributed by atoms with E-state index in [0.29, 0.717) is 49.8 Å². The zero-order chi connectivity index (χ0) is 22.2. The molecule has 1 heterocycles. The fourth-order valence-electron chi connectivity index (χ4n) is 3.32. The summed E-state index contributed by atoms with van der Waals surface area (Å²) in [6.45, 7) is 4.14. The number of carbonyl (C=O) groups excluding carboxylic acids is 2. The number of nitro benzene ring substituents is 1. The summed E-state index contributed by atoms with van der Waals surface area (Å²) in [4.78, 5) is 37.6. The Bertz CT molecular complexity index is 957. The molecular weight excluding hydrogens is 400 g/mol. The van der Waals surface area contributed by atoms with E-state index in [2.05, 4.69) is 10.6 Å². The molecule has 9 heteroatoms. The van der Waals surface area contributed by atoms with Gasteiger partial charge >= 0.3 is 0 Å². The van der Waals surface area contributed by atoms with Crippen LogP contribution in [0.25, 0.3) is 0 Å². The average Bonchev–Trinajstić information content (AvgIpc) is 2.78. The van der Waals surface area contributed by atoms with Gasteiger partial charge in [0.2, 0.25) is 5.91 Å². The van der Waals surface area contributed by atoms with Crippen LogP contribution in [-0.2, 0) is 9.53 Å². The number of hydrogen-bond acceptors (Lipinski definition) is 6. The van der Waals surface area contributed by atoms with Gasteiger partial charge in [0.1, 0.15) is 5.69 Å². The van der Waals surface area contributed by atoms with Crippen molar-refractivity contribution in [2.24, 2.45) is 0 Å². The first-order chi connectivity index (χ1) is 15.0. The molecule has 0 bridgehead atoms. The molecule has 0 spiro atoms. The van der Waals surface area contributed by atoms with E-state index in [-0.39, 0.29) is 17.2 Å². The Morgan fingerprint density at radius 1 is 1.10 bits per heavy atom. The van der Waals surface area contributed by atoms with E-state index >= 15 is 0 Å². The molecule has 1 aliphatic heterocycles. The second kappa shape index (κ2) is 10.5. The van der Waals surface area contributed by atoms with Gasteiger partial charge in [0.25, 0.3) is 11.6 Å². The van der Waals surface area contributed by atoms with Crippen LogP contribution >= 0.6 is 0 Å². The number of morpholine rings is 1. The molecule has 0 atom stereocenters. The lowest BCUT2D eigenvalue weighted by molar-refractivity contribution is -0.384. The van der Waals surface area contributed by atoms with Gasteiger partial charge in [0, 0.05) is 42.5 Å². The topological polar surface area (TPSA) is 114 Å². The van der Waals surface area contributed by atoms with Crippen LogP contribution in [0.2, 0.25) is 0 Å². The average molecular weight is 426 g/mol. The second-order valence-electron chi connectivity index (χ2n) is 7.25. The smallest absolute Gasteiger partial charge is 0.293 e. The zero-order valence-electron chi connectivity index (χ0n) is 17.4. The molecule has 3 rings (SSSR count). The van der Waals surface area contributed by atoms with Crippen molar-refractivity contribution < 1.29 is 19.2 Å². The maximum Gasteiger partial charge on any atom is 0.293 e. The van der Waals surface area contributed by atoms with Crippen LogP contribution < -0.4 is 15.5 Å². The number of hydrogen-bond donors (Lipinski definition) is 2. The molecule has 2 aromatic rings. The largest absolute Gasteiger partial charge is 0.378 e. The van der Waals surface area contributed by atoms with Gasteiger partial charge in [-0.05, 0) is 36.8 Å². The minimum Gasteiger partial charge on any atom is -0.378 e. The van der Waals surface area contributed by atoms with Gasteiger partial charge in [-0.25, -0.2) is 0 Å². The molecule has 2 amide bonds. The lowest BCUT2D eigenvalue weighted by Crippen LogP contribution is -2.36. The molecule has 9 nitrogen and oxygen atoms in total. The van der Waals surface area contributed by atoms with E-state index in [1.807, 2.05) is 11.8 Å². The highest BCUT2D eigenvalue weighted by Crippen LogP contribution is 2.30. The van der Waals surface area contributed by atoms with Gasteiger partial charge < -0.3 is 20.3 Å². The molecule has 1 saturated heterocycles. The number of carbonyl (C=O) groups is 2. The monoisotopic (exact) mass is 426 g/mol. The van der Waals surface area contributed by atoms with Crippen molar-refractivity contribution in [3.8, 4) is 0 Å². The quantitative estimate of drug-likeness (QED) is 0.490. The van der Waals surface area contributed by atoms with Gasteiger partial charge in [-0.2, -0.15) is 0 Å². The first-order valence-corrected chi connectivity index (χ1v) is 10.3. The van der Waals surface area contributed by atoms with Gasteiger partial charge in [0.05, 0.1) is 18.1 Å². The zero-order valence-corrected chi connectivity index (χ0v) is 17.4. The Morgan fingerprint density at radius 3 is 2.48 bits per heavy atom. The van der Waals surface area contributed by atoms with E-state index in [9.17, 15) is 19.7 Å². The number of ether oxygens (including phenoxy) is 1. The van der Waals surface area contributed by atoms with Crippen molar-refractivity contribution >= 4 is 34.6 Å². The molecule has 0 saturated carbocycles. The second-order valence-corrected chi connectivity index (χ2v) is 7.25. The predicted molar refractivity (Wildman–Crippen MR) is 119 cm³/mol. The van der Waals surface area contributed by atoms with Crippen LogP contribution in [0.1, 0.15) is 36.5 Å². The van der Waals surface area contributed by atoms with E-state index in [1.54, 1.807) is 36.4 Å². The maximum atomic E-state index is 12.7. The normalized spacial score (nSPS) is 13.5. The number of rotatable bonds is 8. The van der Waals surface area contributed by atoms with Crippen LogP contribution in [0.5, 0.6) is 0 Å². The summed E-state index contributed by atoms with van der Waals surface area (Å²) >= 11 is 0. The summed E-state index contributed by atoms with van der Waals surface area (Å²) in [5.41, 5.74) is 1.60. The SMILES string of the molecule is CCCCC(=O)Nc1cccc(NC(=O)c2ccc(N3CCOCC3)c([N+](=O)[O-])c2)c1. The van der Waals surface area contributed by atoms with Gasteiger partial charge in [-0.3, -0.25) is 19.7 Å². The molecule has 0 aliphatic carbocycles. The van der Waals surface area contributed by atoms with Crippen LogP contribution in [0.3, 0.4) is 0 Å². The summed E-state index contributed by atoms with van der Waals surface area (Å²) < 4.78 is 5.30. The van der Waals surface area contributed by atoms with Crippen molar-refractivity contribution in [1.29, 1.82) is 0 Å². The molecule has 1 fully saturated rings. The van der Waals surface area contributed by atoms with Gasteiger partial charge in [0.15, 0.2) is 0 Å². The van der Waals surface area contributed by atoms with Crippen LogP contribution in [-0.4, -0.2) is 43.0 Å². The molecule has 2 aromatic carbocycles. The molecule has 31 heavy (non-hydrogen) atoms. The molecule has 1 aliphatic rings. The van der Waals surface area contributed by atoms with Crippen molar-refractivity contribution in [1.82, 2.24) is 0 Å². The minimum absolute atomic E-state index is 0.0837. The molecule has 164 valence electrons. The maximum absolute atomic E-state index is 12.7. The standard InChI is InChI=1S/C22H26N4O5/c1-2-3-7-21(27)23-17-5-4-6-18(15-17)24-22(28)16-8-9-19(20(14-16)26(29)30)25-10-12-31-13-11-25/h4-6,8-9,14-15H,2-3,7,10-13H2,1H3,(H,23,27)(H,24,28). The number of nitrogens with one attached hydrogen (secondary N) is 2. The highest BCUT2D eigenvalue weighted by atomic mass is 16.6.